The SMILES string of the molecule is [CH2]C(CCCCCCCCCCCCCCCC)CCCCCCCCCCCCCCCCCCCCCC. The van der Waals surface area contributed by atoms with E-state index in [1.165, 1.54) is 231 Å². The number of hydrogen-bond acceptors (Lipinski definition) is 0. The molecule has 0 aromatic heterocycles. The van der Waals surface area contributed by atoms with Crippen molar-refractivity contribution in [1.29, 1.82) is 0 Å². The molecule has 0 aromatic rings. The third-order valence-corrected chi connectivity index (χ3v) is 9.43. The van der Waals surface area contributed by atoms with Gasteiger partial charge in [-0.15, -0.1) is 0 Å². The van der Waals surface area contributed by atoms with Gasteiger partial charge in [0, 0.05) is 0 Å². The van der Waals surface area contributed by atoms with Crippen molar-refractivity contribution in [2.75, 3.05) is 0 Å². The minimum atomic E-state index is 0.716. The Morgan fingerprint density at radius 2 is 0.400 bits per heavy atom. The average molecular weight is 562 g/mol. The molecule has 0 saturated carbocycles. The Morgan fingerprint density at radius 3 is 0.575 bits per heavy atom. The molecule has 0 aliphatic carbocycles. The summed E-state index contributed by atoms with van der Waals surface area (Å²) in [7, 11) is 0. The van der Waals surface area contributed by atoms with Crippen molar-refractivity contribution in [1.82, 2.24) is 0 Å². The molecular formula is C40H81. The van der Waals surface area contributed by atoms with Gasteiger partial charge in [0.2, 0.25) is 0 Å². The first-order valence-corrected chi connectivity index (χ1v) is 19.6. The molecule has 0 saturated heterocycles. The van der Waals surface area contributed by atoms with Crippen molar-refractivity contribution in [3.05, 3.63) is 6.92 Å². The lowest BCUT2D eigenvalue weighted by atomic mass is 9.95. The van der Waals surface area contributed by atoms with Crippen molar-refractivity contribution in [3.8, 4) is 0 Å². The third-order valence-electron chi connectivity index (χ3n) is 9.43. The lowest BCUT2D eigenvalue weighted by molar-refractivity contribution is 0.459. The van der Waals surface area contributed by atoms with E-state index in [-0.39, 0.29) is 0 Å². The maximum atomic E-state index is 4.46. The van der Waals surface area contributed by atoms with Gasteiger partial charge in [0.05, 0.1) is 0 Å². The number of unbranched alkanes of at least 4 members (excludes halogenated alkanes) is 32. The zero-order valence-corrected chi connectivity index (χ0v) is 28.7. The Labute approximate surface area is 257 Å². The van der Waals surface area contributed by atoms with E-state index in [4.69, 9.17) is 0 Å². The summed E-state index contributed by atoms with van der Waals surface area (Å²) in [4.78, 5) is 0. The van der Waals surface area contributed by atoms with Crippen LogP contribution in [-0.2, 0) is 0 Å². The molecule has 0 heteroatoms. The zero-order valence-electron chi connectivity index (χ0n) is 28.7. The molecule has 0 aliphatic rings. The predicted molar refractivity (Wildman–Crippen MR) is 186 cm³/mol. The average Bonchev–Trinajstić information content (AvgIpc) is 2.96. The van der Waals surface area contributed by atoms with Crippen LogP contribution < -0.4 is 0 Å². The van der Waals surface area contributed by atoms with Gasteiger partial charge >= 0.3 is 0 Å². The maximum Gasteiger partial charge on any atom is -0.0414 e. The third kappa shape index (κ3) is 36.0. The molecule has 1 atom stereocenters. The Kier molecular flexibility index (Phi) is 37.0. The van der Waals surface area contributed by atoms with Crippen LogP contribution >= 0.6 is 0 Å². The summed E-state index contributed by atoms with van der Waals surface area (Å²) in [5.41, 5.74) is 0. The number of rotatable bonds is 36. The predicted octanol–water partition coefficient (Wildman–Crippen LogP) is 15.5. The molecular weight excluding hydrogens is 480 g/mol. The molecule has 0 aromatic carbocycles. The van der Waals surface area contributed by atoms with E-state index in [1.54, 1.807) is 0 Å². The van der Waals surface area contributed by atoms with Gasteiger partial charge < -0.3 is 0 Å². The summed E-state index contributed by atoms with van der Waals surface area (Å²) < 4.78 is 0. The summed E-state index contributed by atoms with van der Waals surface area (Å²) >= 11 is 0. The van der Waals surface area contributed by atoms with Gasteiger partial charge in [0.1, 0.15) is 0 Å². The van der Waals surface area contributed by atoms with Gasteiger partial charge in [-0.2, -0.15) is 0 Å². The molecule has 0 fully saturated rings. The van der Waals surface area contributed by atoms with E-state index in [9.17, 15) is 0 Å². The van der Waals surface area contributed by atoms with Gasteiger partial charge in [0.15, 0.2) is 0 Å². The highest BCUT2D eigenvalue weighted by Gasteiger charge is 2.03. The van der Waals surface area contributed by atoms with E-state index < -0.39 is 0 Å². The minimum Gasteiger partial charge on any atom is -0.0654 e. The molecule has 0 heterocycles. The Morgan fingerprint density at radius 1 is 0.250 bits per heavy atom. The van der Waals surface area contributed by atoms with Crippen molar-refractivity contribution < 1.29 is 0 Å². The molecule has 1 radical (unpaired) electrons. The van der Waals surface area contributed by atoms with E-state index in [0.29, 0.717) is 5.92 Å². The second-order valence-electron chi connectivity index (χ2n) is 13.8. The fourth-order valence-electron chi connectivity index (χ4n) is 6.46. The first-order valence-electron chi connectivity index (χ1n) is 19.6. The van der Waals surface area contributed by atoms with Gasteiger partial charge in [-0.25, -0.2) is 0 Å². The summed E-state index contributed by atoms with van der Waals surface area (Å²) in [6.45, 7) is 9.07. The Hall–Kier alpha value is 0. The number of hydrogen-bond donors (Lipinski definition) is 0. The van der Waals surface area contributed by atoms with Crippen molar-refractivity contribution in [3.63, 3.8) is 0 Å². The highest BCUT2D eigenvalue weighted by atomic mass is 14.1. The molecule has 241 valence electrons. The summed E-state index contributed by atoms with van der Waals surface area (Å²) in [5.74, 6) is 0.716. The van der Waals surface area contributed by atoms with Crippen LogP contribution in [0.2, 0.25) is 0 Å². The first-order chi connectivity index (χ1) is 19.8. The van der Waals surface area contributed by atoms with E-state index in [1.807, 2.05) is 0 Å². The largest absolute Gasteiger partial charge is 0.0654 e. The molecule has 0 spiro atoms. The summed E-state index contributed by atoms with van der Waals surface area (Å²) in [5, 5.41) is 0. The van der Waals surface area contributed by atoms with Crippen molar-refractivity contribution in [2.24, 2.45) is 5.92 Å². The first kappa shape index (κ1) is 40.0. The van der Waals surface area contributed by atoms with Gasteiger partial charge in [-0.1, -0.05) is 252 Å². The maximum absolute atomic E-state index is 4.46. The minimum absolute atomic E-state index is 0.716. The molecule has 0 N–H and O–H groups in total. The molecule has 0 rings (SSSR count). The van der Waals surface area contributed by atoms with Crippen molar-refractivity contribution in [2.45, 2.75) is 245 Å². The second-order valence-corrected chi connectivity index (χ2v) is 13.8. The summed E-state index contributed by atoms with van der Waals surface area (Å²) in [6.07, 6.45) is 52.5. The fraction of sp³-hybridized carbons (Fsp3) is 0.975. The monoisotopic (exact) mass is 562 g/mol. The Balaban J connectivity index is 3.13. The van der Waals surface area contributed by atoms with Crippen LogP contribution in [0.1, 0.15) is 245 Å². The standard InChI is InChI=1S/C40H81/c1-4-6-8-10-12-14-16-18-20-21-22-23-24-25-27-29-31-33-35-37-39-40(3)38-36-34-32-30-28-26-19-17-15-13-11-9-7-5-2/h40H,3-39H2,1-2H3. The fourth-order valence-corrected chi connectivity index (χ4v) is 6.46. The van der Waals surface area contributed by atoms with Crippen LogP contribution in [-0.4, -0.2) is 0 Å². The van der Waals surface area contributed by atoms with Gasteiger partial charge in [-0.3, -0.25) is 0 Å². The lowest BCUT2D eigenvalue weighted by Gasteiger charge is -2.11. The second kappa shape index (κ2) is 37.0. The smallest absolute Gasteiger partial charge is 0.0414 e. The van der Waals surface area contributed by atoms with E-state index in [2.05, 4.69) is 20.8 Å². The van der Waals surface area contributed by atoms with E-state index >= 15 is 0 Å². The van der Waals surface area contributed by atoms with Crippen LogP contribution in [0.15, 0.2) is 0 Å². The normalized spacial score (nSPS) is 12.4. The van der Waals surface area contributed by atoms with Gasteiger partial charge in [0.25, 0.3) is 0 Å². The van der Waals surface area contributed by atoms with Crippen LogP contribution in [0.3, 0.4) is 0 Å². The van der Waals surface area contributed by atoms with Crippen LogP contribution in [0.5, 0.6) is 0 Å². The van der Waals surface area contributed by atoms with Gasteiger partial charge in [-0.05, 0) is 5.92 Å². The molecule has 1 unspecified atom stereocenters. The molecule has 0 amide bonds. The Bertz CT molecular complexity index is 412. The zero-order chi connectivity index (χ0) is 29.0. The summed E-state index contributed by atoms with van der Waals surface area (Å²) in [6, 6.07) is 0. The van der Waals surface area contributed by atoms with Crippen molar-refractivity contribution >= 4 is 0 Å². The molecule has 0 nitrogen and oxygen atoms in total. The highest BCUT2D eigenvalue weighted by Crippen LogP contribution is 2.20. The molecule has 0 aliphatic heterocycles. The lowest BCUT2D eigenvalue weighted by Crippen LogP contribution is -1.95. The quantitative estimate of drug-likeness (QED) is 0.0667. The van der Waals surface area contributed by atoms with Crippen LogP contribution in [0, 0.1) is 12.8 Å². The van der Waals surface area contributed by atoms with E-state index in [0.717, 1.165) is 0 Å². The van der Waals surface area contributed by atoms with Crippen LogP contribution in [0.4, 0.5) is 0 Å². The van der Waals surface area contributed by atoms with Crippen LogP contribution in [0.25, 0.3) is 0 Å². The topological polar surface area (TPSA) is 0 Å². The molecule has 40 heavy (non-hydrogen) atoms. The highest BCUT2D eigenvalue weighted by molar-refractivity contribution is 4.62. The molecule has 0 bridgehead atoms.